The van der Waals surface area contributed by atoms with Gasteiger partial charge in [0.1, 0.15) is 0 Å². The van der Waals surface area contributed by atoms with Crippen LogP contribution in [-0.2, 0) is 10.2 Å². The molecule has 0 aliphatic carbocycles. The minimum Gasteiger partial charge on any atom is -0.369 e. The molecule has 0 bridgehead atoms. The number of nitrogens with one attached hydrogen (secondary N) is 1. The molecule has 1 saturated heterocycles. The Bertz CT molecular complexity index is 1000. The van der Waals surface area contributed by atoms with Crippen molar-refractivity contribution < 1.29 is 4.79 Å². The van der Waals surface area contributed by atoms with E-state index in [0.717, 1.165) is 57.0 Å². The number of carbonyl (C=O) groups excluding carboxylic acids is 1. The van der Waals surface area contributed by atoms with Crippen molar-refractivity contribution in [3.8, 4) is 0 Å². The first-order valence-corrected chi connectivity index (χ1v) is 12.1. The van der Waals surface area contributed by atoms with E-state index in [2.05, 4.69) is 81.8 Å². The van der Waals surface area contributed by atoms with Gasteiger partial charge in [-0.25, -0.2) is 0 Å². The van der Waals surface area contributed by atoms with Gasteiger partial charge in [-0.15, -0.1) is 49.6 Å². The normalized spacial score (nSPS) is 14.5. The van der Waals surface area contributed by atoms with Crippen LogP contribution in [0.5, 0.6) is 0 Å². The molecular weight excluding hydrogens is 572 g/mol. The fourth-order valence-corrected chi connectivity index (χ4v) is 5.09. The van der Waals surface area contributed by atoms with Gasteiger partial charge in [0.15, 0.2) is 0 Å². The lowest BCUT2D eigenvalue weighted by atomic mass is 9.71. The summed E-state index contributed by atoms with van der Waals surface area (Å²) in [5.41, 5.74) is 3.42. The maximum atomic E-state index is 11.3. The quantitative estimate of drug-likeness (QED) is 0.262. The van der Waals surface area contributed by atoms with Gasteiger partial charge in [-0.05, 0) is 54.8 Å². The van der Waals surface area contributed by atoms with Crippen LogP contribution in [0.3, 0.4) is 0 Å². The smallest absolute Gasteiger partial charge is 0.207 e. The highest BCUT2D eigenvalue weighted by molar-refractivity contribution is 6.30. The molecule has 1 aliphatic rings. The molecule has 1 N–H and O–H groups in total. The number of benzene rings is 3. The Morgan fingerprint density at radius 2 is 1.30 bits per heavy atom. The van der Waals surface area contributed by atoms with Crippen molar-refractivity contribution >= 4 is 73.3 Å². The average molecular weight is 608 g/mol. The van der Waals surface area contributed by atoms with Crippen molar-refractivity contribution in [2.24, 2.45) is 0 Å². The van der Waals surface area contributed by atoms with Crippen LogP contribution in [0.2, 0.25) is 5.02 Å². The van der Waals surface area contributed by atoms with Crippen LogP contribution in [0, 0.1) is 0 Å². The van der Waals surface area contributed by atoms with Gasteiger partial charge in [0.25, 0.3) is 0 Å². The zero-order valence-electron chi connectivity index (χ0n) is 20.6. The fraction of sp³-hybridized carbons (Fsp3) is 0.321. The maximum absolute atomic E-state index is 11.3. The SMILES string of the molecule is Cl.Cl.Cl.Cl.O=CNCC(CCCN1CCN(c2ccccc2)CC1)(c1ccccc1)c1ccc(Cl)cc1. The summed E-state index contributed by atoms with van der Waals surface area (Å²) in [5.74, 6) is 0. The third-order valence-electron chi connectivity index (χ3n) is 6.78. The Kier molecular flexibility index (Phi) is 17.0. The molecule has 3 aromatic rings. The number of hydrogen-bond acceptors (Lipinski definition) is 3. The highest BCUT2D eigenvalue weighted by atomic mass is 35.5. The zero-order valence-corrected chi connectivity index (χ0v) is 24.7. The molecule has 37 heavy (non-hydrogen) atoms. The number of anilines is 1. The molecule has 3 aromatic carbocycles. The molecule has 0 spiro atoms. The Morgan fingerprint density at radius 3 is 1.86 bits per heavy atom. The predicted octanol–water partition coefficient (Wildman–Crippen LogP) is 6.66. The van der Waals surface area contributed by atoms with Crippen molar-refractivity contribution in [2.75, 3.05) is 44.2 Å². The Balaban J connectivity index is 0.00000324. The summed E-state index contributed by atoms with van der Waals surface area (Å²) in [6, 6.07) is 29.3. The van der Waals surface area contributed by atoms with E-state index in [9.17, 15) is 4.79 Å². The van der Waals surface area contributed by atoms with Gasteiger partial charge >= 0.3 is 0 Å². The number of halogens is 5. The van der Waals surface area contributed by atoms with Crippen molar-refractivity contribution in [3.05, 3.63) is 101 Å². The molecule has 1 atom stereocenters. The summed E-state index contributed by atoms with van der Waals surface area (Å²) in [6.45, 7) is 5.85. The first kappa shape index (κ1) is 35.3. The van der Waals surface area contributed by atoms with E-state index in [1.54, 1.807) is 0 Å². The van der Waals surface area contributed by atoms with E-state index in [1.165, 1.54) is 16.8 Å². The lowest BCUT2D eigenvalue weighted by Gasteiger charge is -2.38. The van der Waals surface area contributed by atoms with E-state index in [0.29, 0.717) is 6.54 Å². The molecule has 0 saturated carbocycles. The molecular formula is C28H36Cl5N3O. The predicted molar refractivity (Wildman–Crippen MR) is 166 cm³/mol. The molecule has 9 heteroatoms. The molecule has 0 radical (unpaired) electrons. The van der Waals surface area contributed by atoms with Crippen LogP contribution in [-0.4, -0.2) is 50.6 Å². The van der Waals surface area contributed by atoms with Crippen molar-refractivity contribution in [1.82, 2.24) is 10.2 Å². The highest BCUT2D eigenvalue weighted by Crippen LogP contribution is 2.37. The topological polar surface area (TPSA) is 35.6 Å². The Labute approximate surface area is 250 Å². The van der Waals surface area contributed by atoms with Crippen molar-refractivity contribution in [2.45, 2.75) is 18.3 Å². The lowest BCUT2D eigenvalue weighted by Crippen LogP contribution is -2.47. The van der Waals surface area contributed by atoms with Gasteiger partial charge < -0.3 is 10.2 Å². The van der Waals surface area contributed by atoms with Gasteiger partial charge in [-0.1, -0.05) is 72.3 Å². The summed E-state index contributed by atoms with van der Waals surface area (Å²) in [6.07, 6.45) is 2.79. The van der Waals surface area contributed by atoms with E-state index >= 15 is 0 Å². The number of para-hydroxylation sites is 1. The summed E-state index contributed by atoms with van der Waals surface area (Å²) in [4.78, 5) is 16.3. The third-order valence-corrected chi connectivity index (χ3v) is 7.03. The van der Waals surface area contributed by atoms with Crippen LogP contribution in [0.4, 0.5) is 5.69 Å². The molecule has 1 heterocycles. The number of hydrogen-bond donors (Lipinski definition) is 1. The van der Waals surface area contributed by atoms with E-state index in [-0.39, 0.29) is 55.0 Å². The van der Waals surface area contributed by atoms with Crippen LogP contribution >= 0.6 is 61.2 Å². The minimum atomic E-state index is -0.293. The first-order valence-electron chi connectivity index (χ1n) is 11.7. The summed E-state index contributed by atoms with van der Waals surface area (Å²) >= 11 is 6.19. The number of nitrogens with zero attached hydrogens (tertiary/aromatic N) is 2. The Morgan fingerprint density at radius 1 is 0.757 bits per heavy atom. The molecule has 1 aliphatic heterocycles. The summed E-state index contributed by atoms with van der Waals surface area (Å²) in [5, 5.41) is 3.70. The number of piperazine rings is 1. The van der Waals surface area contributed by atoms with Gasteiger partial charge in [0.05, 0.1) is 0 Å². The summed E-state index contributed by atoms with van der Waals surface area (Å²) in [7, 11) is 0. The molecule has 204 valence electrons. The average Bonchev–Trinajstić information content (AvgIpc) is 2.88. The minimum absolute atomic E-state index is 0. The van der Waals surface area contributed by atoms with E-state index in [4.69, 9.17) is 11.6 Å². The van der Waals surface area contributed by atoms with Gasteiger partial charge in [0, 0.05) is 48.8 Å². The van der Waals surface area contributed by atoms with Crippen molar-refractivity contribution in [3.63, 3.8) is 0 Å². The molecule has 4 rings (SSSR count). The molecule has 4 nitrogen and oxygen atoms in total. The second-order valence-electron chi connectivity index (χ2n) is 8.72. The zero-order chi connectivity index (χ0) is 22.9. The third kappa shape index (κ3) is 9.24. The molecule has 0 aromatic heterocycles. The number of amides is 1. The van der Waals surface area contributed by atoms with Gasteiger partial charge in [-0.3, -0.25) is 9.69 Å². The molecule has 1 unspecified atom stereocenters. The van der Waals surface area contributed by atoms with E-state index < -0.39 is 0 Å². The first-order chi connectivity index (χ1) is 16.2. The monoisotopic (exact) mass is 605 g/mol. The number of rotatable bonds is 10. The Hall–Kier alpha value is -1.66. The van der Waals surface area contributed by atoms with Crippen LogP contribution in [0.25, 0.3) is 0 Å². The summed E-state index contributed by atoms with van der Waals surface area (Å²) < 4.78 is 0. The lowest BCUT2D eigenvalue weighted by molar-refractivity contribution is -0.109. The molecule has 1 fully saturated rings. The number of carbonyl (C=O) groups is 1. The van der Waals surface area contributed by atoms with Crippen molar-refractivity contribution in [1.29, 1.82) is 0 Å². The van der Waals surface area contributed by atoms with Crippen LogP contribution < -0.4 is 10.2 Å². The van der Waals surface area contributed by atoms with Gasteiger partial charge in [-0.2, -0.15) is 0 Å². The molecule has 1 amide bonds. The highest BCUT2D eigenvalue weighted by Gasteiger charge is 2.34. The second-order valence-corrected chi connectivity index (χ2v) is 9.16. The van der Waals surface area contributed by atoms with Crippen LogP contribution in [0.1, 0.15) is 24.0 Å². The fourth-order valence-electron chi connectivity index (χ4n) is 4.96. The van der Waals surface area contributed by atoms with Gasteiger partial charge in [0.2, 0.25) is 6.41 Å². The van der Waals surface area contributed by atoms with Crippen LogP contribution in [0.15, 0.2) is 84.9 Å². The largest absolute Gasteiger partial charge is 0.369 e. The second kappa shape index (κ2) is 17.8. The van der Waals surface area contributed by atoms with E-state index in [1.807, 2.05) is 18.2 Å². The standard InChI is InChI=1S/C28H32ClN3O.4ClH/c29-26-14-12-25(13-15-26)28(22-30-23-33,24-8-3-1-4-9-24)16-7-17-31-18-20-32(21-19-31)27-10-5-2-6-11-27;;;;/h1-6,8-15,23H,7,16-22H2,(H,30,33);4*1H. The maximum Gasteiger partial charge on any atom is 0.207 e.